The van der Waals surface area contributed by atoms with Gasteiger partial charge in [0, 0.05) is 166 Å². The Hall–Kier alpha value is -13.2. The Morgan fingerprint density at radius 1 is 0.454 bits per heavy atom. The van der Waals surface area contributed by atoms with Crippen molar-refractivity contribution in [1.29, 1.82) is 0 Å². The number of carbonyl (C=O) groups excluding carboxylic acids is 13. The number of hydrogen-bond donors (Lipinski definition) is 5. The maximum absolute atomic E-state index is 14.4. The number of phenolic OH excluding ortho intramolecular Hbond substituents is 1. The highest BCUT2D eigenvalue weighted by atomic mass is 79.9. The van der Waals surface area contributed by atoms with Gasteiger partial charge < -0.3 is 54.8 Å². The number of halogens is 2. The molecule has 30 nitrogen and oxygen atoms in total. The fraction of sp³-hybridized carbons (Fsp3) is 0.347. The van der Waals surface area contributed by atoms with Crippen molar-refractivity contribution >= 4 is 172 Å². The lowest BCUT2D eigenvalue weighted by atomic mass is 10.1. The highest BCUT2D eigenvalue weighted by Gasteiger charge is 2.47. The number of rotatable bonds is 38. The fourth-order valence-electron chi connectivity index (χ4n) is 16.1. The first kappa shape index (κ1) is 95.9. The molecule has 6 aliphatic rings. The molecule has 8 aromatic rings. The fourth-order valence-corrected chi connectivity index (χ4v) is 16.8. The van der Waals surface area contributed by atoms with Crippen molar-refractivity contribution in [2.45, 2.75) is 165 Å². The van der Waals surface area contributed by atoms with E-state index in [1.54, 1.807) is 58.6 Å². The lowest BCUT2D eigenvalue weighted by Crippen LogP contribution is -2.53. The van der Waals surface area contributed by atoms with Gasteiger partial charge in [0.05, 0.1) is 94.6 Å². The van der Waals surface area contributed by atoms with Gasteiger partial charge >= 0.3 is 17.8 Å². The number of phenols is 1. The van der Waals surface area contributed by atoms with E-state index in [1.807, 2.05) is 110 Å². The minimum Gasteiger partial charge on any atom is -0.504 e. The van der Waals surface area contributed by atoms with E-state index >= 15 is 0 Å². The standard InChI is InChI=1S/C58H58N6O11.C23H30Br2N2O6.C17H14N2O3/c1-36-24-46-48(59-21-23-64(58(46)71)22-20-39-10-5-8-14-50(39)64)30-51(36)74-34-37-25-38(27-41(26-37)62-55(68)19-17-44(66)33-61-54(67)18-16-43(65)12-6-9-15-56(69)73-3)35-75-53-31-47-45(29-52(53)72-2)57(70)63-42(32-60-47)28-40-11-4-7-13-49(40)63;1-33-23(32)5-3-2-4-19(28)6-8-21(30)26-15-20(29)7-9-22(31)27-18-11-16(13-24)10-17(12-18)14-25;1-22-16-7-12-13(8-15(16)20)18-9-11-6-10-4-2-3-5-14(10)19(11)17(12)21/h4-5,7-8,10-11,13-14,21,24-27,29-32,42H,6,9,12,15-20,22-23,28,33-35H2,1-3H3,(H-,61,62,67,68);10-12H,2-9,13-15H2,1H3,(H,26,30)(H,27,31);2-5,7-9,11,20H,6H2,1H3/p+1/t42-,64?;;11-/m0.0/s1. The summed E-state index contributed by atoms with van der Waals surface area (Å²) in [7, 11) is 5.58. The third-order valence-electron chi connectivity index (χ3n) is 22.9. The Labute approximate surface area is 769 Å². The van der Waals surface area contributed by atoms with E-state index in [0.717, 1.165) is 63.3 Å². The summed E-state index contributed by atoms with van der Waals surface area (Å²) >= 11 is 6.80. The van der Waals surface area contributed by atoms with Crippen LogP contribution < -0.4 is 54.5 Å². The Bertz CT molecular complexity index is 5750. The van der Waals surface area contributed by atoms with E-state index in [2.05, 4.69) is 73.7 Å². The number of nitrogens with one attached hydrogen (secondary N) is 4. The van der Waals surface area contributed by atoms with E-state index in [0.29, 0.717) is 136 Å². The number of fused-ring (bicyclic) bond motifs is 11. The van der Waals surface area contributed by atoms with Crippen molar-refractivity contribution < 1.29 is 95.9 Å². The van der Waals surface area contributed by atoms with Gasteiger partial charge in [0.15, 0.2) is 34.6 Å². The van der Waals surface area contributed by atoms with Gasteiger partial charge in [-0.3, -0.25) is 82.3 Å². The van der Waals surface area contributed by atoms with Crippen LogP contribution in [-0.4, -0.2) is 167 Å². The number of unbranched alkanes of at least 4 members (excludes halogenated alkanes) is 2. The summed E-state index contributed by atoms with van der Waals surface area (Å²) in [6.45, 7) is 2.58. The average molecular weight is 1900 g/mol. The molecular weight excluding hydrogens is 1800 g/mol. The smallest absolute Gasteiger partial charge is 0.353 e. The number of ketones is 4. The van der Waals surface area contributed by atoms with E-state index in [-0.39, 0.29) is 190 Å². The molecule has 32 heteroatoms. The topological polar surface area (TPSA) is 389 Å². The van der Waals surface area contributed by atoms with E-state index in [4.69, 9.17) is 28.9 Å². The molecule has 0 aromatic heterocycles. The predicted molar refractivity (Wildman–Crippen MR) is 499 cm³/mol. The van der Waals surface area contributed by atoms with Crippen LogP contribution in [0.3, 0.4) is 0 Å². The number of nitrogens with zero attached hydrogens (tertiary/aromatic N) is 6. The van der Waals surface area contributed by atoms with Gasteiger partial charge in [0.1, 0.15) is 48.3 Å². The van der Waals surface area contributed by atoms with Crippen molar-refractivity contribution in [3.8, 4) is 28.7 Å². The van der Waals surface area contributed by atoms with Crippen LogP contribution in [0.4, 0.5) is 45.5 Å². The third kappa shape index (κ3) is 24.8. The lowest BCUT2D eigenvalue weighted by molar-refractivity contribution is -0.141. The Kier molecular flexibility index (Phi) is 33.7. The predicted octanol–water partition coefficient (Wildman–Crippen LogP) is 15.0. The van der Waals surface area contributed by atoms with Gasteiger partial charge in [0.2, 0.25) is 23.6 Å². The third-order valence-corrected chi connectivity index (χ3v) is 24.2. The van der Waals surface area contributed by atoms with Crippen molar-refractivity contribution in [3.63, 3.8) is 0 Å². The normalized spacial score (nSPS) is 15.4. The number of carbonyl (C=O) groups is 13. The maximum Gasteiger partial charge on any atom is 0.353 e. The monoisotopic (exact) mass is 1900 g/mol. The SMILES string of the molecule is COC(=O)CCCCC(=O)CCC(=O)NCC(=O)CCC(=O)Nc1cc(CBr)cc(CBr)c1.COC(=O)CCCCC(=O)CCC(=O)NCC(=O)CCC(=O)Nc1cc(COc2cc3c(cc2C)C(=O)[N+]2(CC=N3)CCc3ccccc32)cc(COc2cc3c(cc2OC)C(=O)N2c4ccccc4C[C@H]2C=N3)c1.COc1cc2c(cc1O)N=C[C@@H]1Cc3ccccc3N1C2=O. The molecule has 0 fully saturated rings. The molecule has 8 aromatic carbocycles. The maximum atomic E-state index is 14.4. The molecule has 0 bridgehead atoms. The highest BCUT2D eigenvalue weighted by molar-refractivity contribution is 9.08. The number of ether oxygens (including phenoxy) is 6. The van der Waals surface area contributed by atoms with Crippen molar-refractivity contribution in [2.75, 3.05) is 75.1 Å². The summed E-state index contributed by atoms with van der Waals surface area (Å²) in [5.74, 6) is -1.89. The molecule has 130 heavy (non-hydrogen) atoms. The summed E-state index contributed by atoms with van der Waals surface area (Å²) in [5, 5.41) is 21.9. The van der Waals surface area contributed by atoms with Crippen LogP contribution in [0.5, 0.6) is 28.7 Å². The molecule has 0 aliphatic carbocycles. The van der Waals surface area contributed by atoms with Crippen LogP contribution >= 0.6 is 31.9 Å². The highest BCUT2D eigenvalue weighted by Crippen LogP contribution is 2.45. The largest absolute Gasteiger partial charge is 0.504 e. The number of amides is 7. The van der Waals surface area contributed by atoms with E-state index in [9.17, 15) is 67.4 Å². The second-order valence-electron chi connectivity index (χ2n) is 32.1. The zero-order valence-electron chi connectivity index (χ0n) is 73.0. The van der Waals surface area contributed by atoms with Gasteiger partial charge in [-0.2, -0.15) is 0 Å². The van der Waals surface area contributed by atoms with E-state index < -0.39 is 11.8 Å². The number of aliphatic imine (C=N–C) groups is 3. The number of benzene rings is 8. The molecule has 0 radical (unpaired) electrons. The molecule has 7 amide bonds. The first-order valence-electron chi connectivity index (χ1n) is 43.0. The molecule has 5 N–H and O–H groups in total. The number of aryl methyl sites for hydroxylation is 1. The van der Waals surface area contributed by atoms with Gasteiger partial charge in [-0.25, -0.2) is 9.28 Å². The number of alkyl halides is 2. The van der Waals surface area contributed by atoms with Crippen LogP contribution in [-0.2, 0) is 101 Å². The molecule has 14 rings (SSSR count). The second kappa shape index (κ2) is 45.7. The van der Waals surface area contributed by atoms with Crippen molar-refractivity contribution in [3.05, 3.63) is 207 Å². The zero-order chi connectivity index (χ0) is 92.5. The number of methoxy groups -OCH3 is 4. The molecule has 6 heterocycles. The second-order valence-corrected chi connectivity index (χ2v) is 33.2. The Morgan fingerprint density at radius 2 is 0.892 bits per heavy atom. The molecular formula is C98H103Br2N10O20+. The molecule has 6 aliphatic heterocycles. The first-order valence-corrected chi connectivity index (χ1v) is 45.2. The Morgan fingerprint density at radius 3 is 1.41 bits per heavy atom. The summed E-state index contributed by atoms with van der Waals surface area (Å²) in [6, 6.07) is 44.5. The minimum absolute atomic E-state index is 0.00263. The van der Waals surface area contributed by atoms with Gasteiger partial charge in [-0.15, -0.1) is 0 Å². The van der Waals surface area contributed by atoms with Gasteiger partial charge in [-0.1, -0.05) is 92.5 Å². The molecule has 1 unspecified atom stereocenters. The van der Waals surface area contributed by atoms with Gasteiger partial charge in [0.25, 0.3) is 11.8 Å². The number of quaternary nitrogens is 1. The Balaban J connectivity index is 0.000000226. The van der Waals surface area contributed by atoms with Crippen molar-refractivity contribution in [2.24, 2.45) is 15.0 Å². The quantitative estimate of drug-likeness (QED) is 0.0104. The van der Waals surface area contributed by atoms with Crippen LogP contribution in [0.2, 0.25) is 0 Å². The number of esters is 2. The van der Waals surface area contributed by atoms with E-state index in [1.165, 1.54) is 34.5 Å². The van der Waals surface area contributed by atoms with Gasteiger partial charge in [-0.05, 0) is 138 Å². The van der Waals surface area contributed by atoms with Crippen LogP contribution in [0.25, 0.3) is 0 Å². The first-order chi connectivity index (χ1) is 62.8. The number of anilines is 4. The summed E-state index contributed by atoms with van der Waals surface area (Å²) in [4.78, 5) is 180. The minimum atomic E-state index is -0.453. The lowest BCUT2D eigenvalue weighted by Gasteiger charge is -2.29. The zero-order valence-corrected chi connectivity index (χ0v) is 76.2. The van der Waals surface area contributed by atoms with Crippen molar-refractivity contribution in [1.82, 2.24) is 15.1 Å². The summed E-state index contributed by atoms with van der Waals surface area (Å²) in [6.07, 6.45) is 10.5. The number of aromatic hydroxyl groups is 1. The molecule has 1 spiro atoms. The number of para-hydroxylation sites is 3. The molecule has 3 atom stereocenters. The van der Waals surface area contributed by atoms with Crippen LogP contribution in [0, 0.1) is 6.92 Å². The molecule has 678 valence electrons. The summed E-state index contributed by atoms with van der Waals surface area (Å²) in [5.41, 5.74) is 14.1. The van der Waals surface area contributed by atoms with Crippen LogP contribution in [0.1, 0.15) is 178 Å². The van der Waals surface area contributed by atoms with Crippen LogP contribution in [0.15, 0.2) is 161 Å². The number of Topliss-reactive ketones (excluding diaryl/α,β-unsaturated/α-hetero) is 4. The summed E-state index contributed by atoms with van der Waals surface area (Å²) < 4.78 is 33.0. The average Bonchev–Trinajstić information content (AvgIpc) is 1.58. The molecule has 0 saturated heterocycles. The molecule has 0 saturated carbocycles. The number of hydrogen-bond acceptors (Lipinski definition) is 23.